The first kappa shape index (κ1) is 40.0. The number of thioether (sulfide) groups is 1. The number of esters is 2. The Kier molecular flexibility index (Phi) is 26.0. The molecule has 2 atom stereocenters. The molecule has 0 amide bonds. The molecule has 0 spiro atoms. The third-order valence-electron chi connectivity index (χ3n) is 5.84. The van der Waals surface area contributed by atoms with Crippen LogP contribution in [0.3, 0.4) is 0 Å². The molecule has 0 radical (unpaired) electrons. The van der Waals surface area contributed by atoms with E-state index in [0.29, 0.717) is 79.1 Å². The van der Waals surface area contributed by atoms with Crippen LogP contribution in [-0.2, 0) is 57.3 Å². The normalized spacial score (nSPS) is 19.0. The Balaban J connectivity index is 0.000000765. The second kappa shape index (κ2) is 26.6. The van der Waals surface area contributed by atoms with Crippen LogP contribution in [0.5, 0.6) is 0 Å². The second-order valence-corrected chi connectivity index (χ2v) is 12.5. The van der Waals surface area contributed by atoms with E-state index in [0.717, 1.165) is 30.8 Å². The predicted octanol–water partition coefficient (Wildman–Crippen LogP) is 2.02. The fourth-order valence-electron chi connectivity index (χ4n) is 3.63. The van der Waals surface area contributed by atoms with E-state index in [1.165, 1.54) is 0 Å². The zero-order valence-corrected chi connectivity index (χ0v) is 25.6. The van der Waals surface area contributed by atoms with E-state index < -0.39 is 21.7 Å². The minimum Gasteiger partial charge on any atom is -0.465 e. The first-order valence-electron chi connectivity index (χ1n) is 13.8. The Hall–Kier alpha value is -1.00. The van der Waals surface area contributed by atoms with Gasteiger partial charge in [-0.3, -0.25) is 9.59 Å². The monoisotopic (exact) mass is 632 g/mol. The number of rotatable bonds is 22. The SMILES string of the molecule is C.COCCOCCOCCS(=O)(=O)CC1CCCOC1=O.COCCOCCOCCSCC1CCCOC1=O. The van der Waals surface area contributed by atoms with Gasteiger partial charge in [-0.15, -0.1) is 0 Å². The Morgan fingerprint density at radius 1 is 0.707 bits per heavy atom. The first-order chi connectivity index (χ1) is 19.4. The minimum absolute atomic E-state index is 0. The number of carbonyl (C=O) groups is 2. The summed E-state index contributed by atoms with van der Waals surface area (Å²) in [6.07, 6.45) is 3.25. The Morgan fingerprint density at radius 2 is 1.17 bits per heavy atom. The summed E-state index contributed by atoms with van der Waals surface area (Å²) in [5, 5.41) is 0. The van der Waals surface area contributed by atoms with Crippen LogP contribution in [0.4, 0.5) is 0 Å². The van der Waals surface area contributed by atoms with Crippen LogP contribution in [0, 0.1) is 11.8 Å². The summed E-state index contributed by atoms with van der Waals surface area (Å²) in [6, 6.07) is 0. The highest BCUT2D eigenvalue weighted by atomic mass is 32.2. The highest BCUT2D eigenvalue weighted by molar-refractivity contribution is 7.99. The zero-order valence-electron chi connectivity index (χ0n) is 24.0. The molecule has 2 saturated heterocycles. The van der Waals surface area contributed by atoms with E-state index in [1.807, 2.05) is 0 Å². The number of methoxy groups -OCH3 is 2. The molecule has 0 N–H and O–H groups in total. The first-order valence-corrected chi connectivity index (χ1v) is 16.8. The van der Waals surface area contributed by atoms with Gasteiger partial charge in [-0.1, -0.05) is 7.43 Å². The zero-order chi connectivity index (χ0) is 29.3. The van der Waals surface area contributed by atoms with Crippen molar-refractivity contribution in [2.24, 2.45) is 11.8 Å². The average Bonchev–Trinajstić information content (AvgIpc) is 2.94. The van der Waals surface area contributed by atoms with Crippen molar-refractivity contribution >= 4 is 33.5 Å². The largest absolute Gasteiger partial charge is 0.465 e. The molecule has 0 aliphatic carbocycles. The quantitative estimate of drug-likeness (QED) is 0.127. The van der Waals surface area contributed by atoms with E-state index in [1.54, 1.807) is 26.0 Å². The molecule has 0 saturated carbocycles. The summed E-state index contributed by atoms with van der Waals surface area (Å²) in [7, 11) is -0.0601. The number of carbonyl (C=O) groups excluding carboxylic acids is 2. The van der Waals surface area contributed by atoms with E-state index in [-0.39, 0.29) is 37.4 Å². The van der Waals surface area contributed by atoms with Gasteiger partial charge in [-0.05, 0) is 25.7 Å². The molecular formula is C27H52O12S2. The Morgan fingerprint density at radius 3 is 1.68 bits per heavy atom. The molecule has 2 fully saturated rings. The van der Waals surface area contributed by atoms with Crippen LogP contribution < -0.4 is 0 Å². The second-order valence-electron chi connectivity index (χ2n) is 9.14. The van der Waals surface area contributed by atoms with Crippen molar-refractivity contribution in [2.45, 2.75) is 33.1 Å². The smallest absolute Gasteiger partial charge is 0.309 e. The average molecular weight is 633 g/mol. The van der Waals surface area contributed by atoms with Crippen LogP contribution in [0.2, 0.25) is 0 Å². The Bertz CT molecular complexity index is 751. The van der Waals surface area contributed by atoms with Gasteiger partial charge < -0.3 is 37.9 Å². The standard InChI is InChI=1S/C13H24O7S.C13H24O5S.CH4/c1-17-5-6-18-7-8-19-9-10-21(15,16)11-12-3-2-4-20-13(12)14;1-15-5-6-16-7-8-17-9-10-19-11-12-3-2-4-18-13(12)14;/h12H,2-11H2,1H3;12H,2-11H2,1H3;1H4. The van der Waals surface area contributed by atoms with Crippen LogP contribution in [0.25, 0.3) is 0 Å². The van der Waals surface area contributed by atoms with Crippen LogP contribution in [0.1, 0.15) is 33.1 Å². The topological polar surface area (TPSA) is 142 Å². The highest BCUT2D eigenvalue weighted by Crippen LogP contribution is 2.20. The van der Waals surface area contributed by atoms with E-state index >= 15 is 0 Å². The molecule has 0 aromatic heterocycles. The summed E-state index contributed by atoms with van der Waals surface area (Å²) in [4.78, 5) is 22.8. The fraction of sp³-hybridized carbons (Fsp3) is 0.926. The lowest BCUT2D eigenvalue weighted by atomic mass is 10.0. The maximum Gasteiger partial charge on any atom is 0.309 e. The molecule has 14 heteroatoms. The molecule has 12 nitrogen and oxygen atoms in total. The number of hydrogen-bond donors (Lipinski definition) is 0. The molecule has 2 aliphatic heterocycles. The summed E-state index contributed by atoms with van der Waals surface area (Å²) in [5.74, 6) is 0.615. The predicted molar refractivity (Wildman–Crippen MR) is 157 cm³/mol. The molecule has 0 aromatic rings. The van der Waals surface area contributed by atoms with Crippen molar-refractivity contribution in [1.82, 2.24) is 0 Å². The van der Waals surface area contributed by atoms with Crippen molar-refractivity contribution in [3.63, 3.8) is 0 Å². The highest BCUT2D eigenvalue weighted by Gasteiger charge is 2.29. The van der Waals surface area contributed by atoms with Crippen molar-refractivity contribution in [2.75, 3.05) is 117 Å². The van der Waals surface area contributed by atoms with Crippen molar-refractivity contribution in [3.05, 3.63) is 0 Å². The molecule has 41 heavy (non-hydrogen) atoms. The van der Waals surface area contributed by atoms with Crippen molar-refractivity contribution < 1.29 is 55.9 Å². The summed E-state index contributed by atoms with van der Waals surface area (Å²) in [6.45, 7) is 5.97. The minimum atomic E-state index is -3.30. The molecule has 2 unspecified atom stereocenters. The lowest BCUT2D eigenvalue weighted by Gasteiger charge is -2.20. The van der Waals surface area contributed by atoms with Gasteiger partial charge in [0.25, 0.3) is 0 Å². The molecule has 0 bridgehead atoms. The van der Waals surface area contributed by atoms with Crippen LogP contribution in [0.15, 0.2) is 0 Å². The van der Waals surface area contributed by atoms with Gasteiger partial charge in [0.05, 0.1) is 103 Å². The van der Waals surface area contributed by atoms with Gasteiger partial charge in [-0.2, -0.15) is 11.8 Å². The lowest BCUT2D eigenvalue weighted by Crippen LogP contribution is -2.31. The van der Waals surface area contributed by atoms with Crippen molar-refractivity contribution in [1.29, 1.82) is 0 Å². The number of hydrogen-bond acceptors (Lipinski definition) is 13. The third kappa shape index (κ3) is 22.2. The number of ether oxygens (including phenoxy) is 8. The third-order valence-corrected chi connectivity index (χ3v) is 8.63. The van der Waals surface area contributed by atoms with E-state index in [4.69, 9.17) is 37.9 Å². The van der Waals surface area contributed by atoms with E-state index in [9.17, 15) is 18.0 Å². The molecule has 0 aromatic carbocycles. The molecule has 2 heterocycles. The molecular weight excluding hydrogens is 580 g/mol. The van der Waals surface area contributed by atoms with Gasteiger partial charge in [0.2, 0.25) is 0 Å². The maximum atomic E-state index is 11.9. The van der Waals surface area contributed by atoms with Crippen molar-refractivity contribution in [3.8, 4) is 0 Å². The summed E-state index contributed by atoms with van der Waals surface area (Å²) >= 11 is 1.75. The van der Waals surface area contributed by atoms with Gasteiger partial charge in [0.15, 0.2) is 9.84 Å². The maximum absolute atomic E-state index is 11.9. The van der Waals surface area contributed by atoms with Gasteiger partial charge in [0, 0.05) is 25.7 Å². The van der Waals surface area contributed by atoms with Gasteiger partial charge in [-0.25, -0.2) is 8.42 Å². The van der Waals surface area contributed by atoms with Gasteiger partial charge >= 0.3 is 11.9 Å². The summed E-state index contributed by atoms with van der Waals surface area (Å²) in [5.41, 5.74) is 0. The summed E-state index contributed by atoms with van der Waals surface area (Å²) < 4.78 is 64.4. The van der Waals surface area contributed by atoms with Crippen LogP contribution in [-0.4, -0.2) is 137 Å². The lowest BCUT2D eigenvalue weighted by molar-refractivity contribution is -0.152. The number of cyclic esters (lactones) is 2. The molecule has 244 valence electrons. The van der Waals surface area contributed by atoms with E-state index in [2.05, 4.69) is 0 Å². The van der Waals surface area contributed by atoms with Gasteiger partial charge in [0.1, 0.15) is 0 Å². The number of sulfone groups is 1. The van der Waals surface area contributed by atoms with Crippen LogP contribution >= 0.6 is 11.8 Å². The molecule has 2 aliphatic rings. The molecule has 2 rings (SSSR count). The Labute approximate surface area is 250 Å². The fourth-order valence-corrected chi connectivity index (χ4v) is 6.07.